The molecule has 0 atom stereocenters. The zero-order valence-electron chi connectivity index (χ0n) is 18.4. The Hall–Kier alpha value is -2.81. The summed E-state index contributed by atoms with van der Waals surface area (Å²) in [4.78, 5) is 27.0. The minimum Gasteiger partial charge on any atom is -0.488 e. The molecule has 1 aliphatic heterocycles. The van der Waals surface area contributed by atoms with Crippen LogP contribution in [0.4, 0.5) is 4.79 Å². The first-order chi connectivity index (χ1) is 17.0. The van der Waals surface area contributed by atoms with Crippen LogP contribution in [0, 0.1) is 3.57 Å². The van der Waals surface area contributed by atoms with Crippen LogP contribution in [0.5, 0.6) is 5.75 Å². The van der Waals surface area contributed by atoms with E-state index < -0.39 is 0 Å². The molecule has 0 N–H and O–H groups in total. The van der Waals surface area contributed by atoms with Crippen molar-refractivity contribution in [2.75, 3.05) is 0 Å². The van der Waals surface area contributed by atoms with Crippen LogP contribution in [-0.2, 0) is 17.9 Å². The number of imide groups is 1. The van der Waals surface area contributed by atoms with Gasteiger partial charge in [-0.05, 0) is 98.2 Å². The van der Waals surface area contributed by atoms with E-state index in [1.54, 1.807) is 18.2 Å². The number of thioether (sulfide) groups is 1. The van der Waals surface area contributed by atoms with E-state index >= 15 is 0 Å². The second kappa shape index (κ2) is 10.4. The molecule has 0 aliphatic carbocycles. The predicted octanol–water partition coefficient (Wildman–Crippen LogP) is 7.91. The van der Waals surface area contributed by atoms with E-state index in [2.05, 4.69) is 52.9 Å². The Morgan fingerprint density at radius 2 is 1.63 bits per heavy atom. The molecule has 1 saturated heterocycles. The van der Waals surface area contributed by atoms with Crippen LogP contribution in [0.25, 0.3) is 16.8 Å². The number of nitrogens with zero attached hydrogens (tertiary/aromatic N) is 1. The lowest BCUT2D eigenvalue weighted by atomic mass is 10.1. The molecule has 4 aromatic carbocycles. The number of rotatable bonds is 6. The Balaban J connectivity index is 1.27. The van der Waals surface area contributed by atoms with Gasteiger partial charge in [0.2, 0.25) is 0 Å². The van der Waals surface area contributed by atoms with E-state index in [1.807, 2.05) is 42.5 Å². The number of benzene rings is 4. The fraction of sp³-hybridized carbons (Fsp3) is 0.0714. The zero-order chi connectivity index (χ0) is 24.4. The van der Waals surface area contributed by atoms with Crippen molar-refractivity contribution in [2.45, 2.75) is 13.2 Å². The number of hydrogen-bond acceptors (Lipinski definition) is 4. The molecule has 4 aromatic rings. The first kappa shape index (κ1) is 23.9. The molecular weight excluding hydrogens is 593 g/mol. The lowest BCUT2D eigenvalue weighted by Crippen LogP contribution is -2.27. The van der Waals surface area contributed by atoms with Gasteiger partial charge in [-0.1, -0.05) is 66.2 Å². The van der Waals surface area contributed by atoms with E-state index in [1.165, 1.54) is 15.7 Å². The van der Waals surface area contributed by atoms with Crippen molar-refractivity contribution < 1.29 is 14.3 Å². The zero-order valence-corrected chi connectivity index (χ0v) is 22.1. The number of halogens is 2. The van der Waals surface area contributed by atoms with Crippen LogP contribution in [0.2, 0.25) is 5.02 Å². The quantitative estimate of drug-likeness (QED) is 0.164. The molecule has 174 valence electrons. The van der Waals surface area contributed by atoms with E-state index in [9.17, 15) is 9.59 Å². The lowest BCUT2D eigenvalue weighted by molar-refractivity contribution is -0.123. The van der Waals surface area contributed by atoms with Crippen molar-refractivity contribution in [1.82, 2.24) is 4.90 Å². The number of fused-ring (bicyclic) bond motifs is 1. The fourth-order valence-corrected chi connectivity index (χ4v) is 5.43. The van der Waals surface area contributed by atoms with E-state index in [4.69, 9.17) is 16.3 Å². The number of carbonyl (C=O) groups excluding carboxylic acids is 2. The summed E-state index contributed by atoms with van der Waals surface area (Å²) in [5.41, 5.74) is 2.78. The molecule has 0 spiro atoms. The Morgan fingerprint density at radius 3 is 2.40 bits per heavy atom. The summed E-state index contributed by atoms with van der Waals surface area (Å²) in [6.45, 7) is 0.683. The first-order valence-electron chi connectivity index (χ1n) is 10.9. The van der Waals surface area contributed by atoms with Gasteiger partial charge >= 0.3 is 0 Å². The van der Waals surface area contributed by atoms with E-state index in [0.717, 1.165) is 37.8 Å². The van der Waals surface area contributed by atoms with Crippen molar-refractivity contribution in [1.29, 1.82) is 0 Å². The highest BCUT2D eigenvalue weighted by Crippen LogP contribution is 2.34. The van der Waals surface area contributed by atoms with E-state index in [0.29, 0.717) is 16.5 Å². The number of ether oxygens (including phenoxy) is 1. The van der Waals surface area contributed by atoms with Crippen molar-refractivity contribution in [3.8, 4) is 5.75 Å². The molecule has 0 unspecified atom stereocenters. The molecule has 1 fully saturated rings. The smallest absolute Gasteiger partial charge is 0.293 e. The molecule has 0 bridgehead atoms. The van der Waals surface area contributed by atoms with Crippen LogP contribution in [-0.4, -0.2) is 16.0 Å². The average molecular weight is 612 g/mol. The monoisotopic (exact) mass is 611 g/mol. The first-order valence-corrected chi connectivity index (χ1v) is 13.1. The Bertz CT molecular complexity index is 1470. The summed E-state index contributed by atoms with van der Waals surface area (Å²) in [6, 6.07) is 27.4. The lowest BCUT2D eigenvalue weighted by Gasteiger charge is -2.12. The Morgan fingerprint density at radius 1 is 0.886 bits per heavy atom. The third-order valence-electron chi connectivity index (χ3n) is 5.59. The molecule has 0 aromatic heterocycles. The highest BCUT2D eigenvalue weighted by atomic mass is 127. The van der Waals surface area contributed by atoms with Crippen LogP contribution >= 0.6 is 46.0 Å². The predicted molar refractivity (Wildman–Crippen MR) is 150 cm³/mol. The van der Waals surface area contributed by atoms with Gasteiger partial charge in [-0.25, -0.2) is 0 Å². The summed E-state index contributed by atoms with van der Waals surface area (Å²) < 4.78 is 6.98. The van der Waals surface area contributed by atoms with Crippen molar-refractivity contribution in [3.63, 3.8) is 0 Å². The van der Waals surface area contributed by atoms with Crippen LogP contribution in [0.1, 0.15) is 16.7 Å². The standard InChI is InChI=1S/C28H19ClINO3S/c29-23-10-6-18(7-11-23)16-31-27(32)26(35-28(31)33)15-19-8-12-25(24(30)14-19)34-17-20-5-9-21-3-1-2-4-22(21)13-20/h1-15H,16-17H2/b26-15-. The summed E-state index contributed by atoms with van der Waals surface area (Å²) in [6.07, 6.45) is 1.75. The van der Waals surface area contributed by atoms with Crippen molar-refractivity contribution in [3.05, 3.63) is 115 Å². The molecule has 4 nitrogen and oxygen atoms in total. The van der Waals surface area contributed by atoms with Gasteiger partial charge in [0.25, 0.3) is 11.1 Å². The summed E-state index contributed by atoms with van der Waals surface area (Å²) in [5.74, 6) is 0.480. The van der Waals surface area contributed by atoms with Crippen molar-refractivity contribution >= 4 is 73.9 Å². The van der Waals surface area contributed by atoms with Gasteiger partial charge in [-0.15, -0.1) is 0 Å². The maximum absolute atomic E-state index is 12.9. The second-order valence-electron chi connectivity index (χ2n) is 8.05. The van der Waals surface area contributed by atoms with Crippen LogP contribution < -0.4 is 4.74 Å². The van der Waals surface area contributed by atoms with E-state index in [-0.39, 0.29) is 17.7 Å². The Labute approximate surface area is 226 Å². The van der Waals surface area contributed by atoms with Gasteiger partial charge in [-0.2, -0.15) is 0 Å². The molecule has 1 aliphatic rings. The largest absolute Gasteiger partial charge is 0.488 e. The van der Waals surface area contributed by atoms with Crippen LogP contribution in [0.3, 0.4) is 0 Å². The molecule has 0 saturated carbocycles. The fourth-order valence-electron chi connectivity index (χ4n) is 3.77. The molecule has 0 radical (unpaired) electrons. The molecule has 7 heteroatoms. The normalized spacial score (nSPS) is 14.8. The van der Waals surface area contributed by atoms with Gasteiger partial charge < -0.3 is 4.74 Å². The van der Waals surface area contributed by atoms with Crippen molar-refractivity contribution in [2.24, 2.45) is 0 Å². The topological polar surface area (TPSA) is 46.6 Å². The number of amides is 2. The second-order valence-corrected chi connectivity index (χ2v) is 10.6. The summed E-state index contributed by atoms with van der Waals surface area (Å²) >= 11 is 9.11. The molecule has 1 heterocycles. The Kier molecular flexibility index (Phi) is 7.13. The molecular formula is C28H19ClINO3S. The van der Waals surface area contributed by atoms with Gasteiger partial charge in [0.05, 0.1) is 15.0 Å². The maximum atomic E-state index is 12.9. The van der Waals surface area contributed by atoms with Gasteiger partial charge in [0.1, 0.15) is 12.4 Å². The maximum Gasteiger partial charge on any atom is 0.293 e. The minimum absolute atomic E-state index is 0.220. The van der Waals surface area contributed by atoms with Gasteiger partial charge in [0, 0.05) is 5.02 Å². The number of carbonyl (C=O) groups is 2. The molecule has 2 amide bonds. The van der Waals surface area contributed by atoms with Gasteiger partial charge in [0.15, 0.2) is 0 Å². The molecule has 35 heavy (non-hydrogen) atoms. The highest BCUT2D eigenvalue weighted by molar-refractivity contribution is 14.1. The average Bonchev–Trinajstić information content (AvgIpc) is 3.12. The number of hydrogen-bond donors (Lipinski definition) is 0. The van der Waals surface area contributed by atoms with Gasteiger partial charge in [-0.3, -0.25) is 14.5 Å². The third-order valence-corrected chi connectivity index (χ3v) is 7.59. The molecule has 5 rings (SSSR count). The summed E-state index contributed by atoms with van der Waals surface area (Å²) in [5, 5.41) is 2.72. The third kappa shape index (κ3) is 5.55. The SMILES string of the molecule is O=C1S/C(=C\c2ccc(OCc3ccc4ccccc4c3)c(I)c2)C(=O)N1Cc1ccc(Cl)cc1. The van der Waals surface area contributed by atoms with Crippen LogP contribution in [0.15, 0.2) is 89.8 Å². The summed E-state index contributed by atoms with van der Waals surface area (Å²) in [7, 11) is 0. The minimum atomic E-state index is -0.290. The highest BCUT2D eigenvalue weighted by Gasteiger charge is 2.35.